The van der Waals surface area contributed by atoms with Gasteiger partial charge in [0.2, 0.25) is 0 Å². The first-order chi connectivity index (χ1) is 10.9. The van der Waals surface area contributed by atoms with E-state index in [-0.39, 0.29) is 22.8 Å². The molecule has 4 heteroatoms. The Morgan fingerprint density at radius 1 is 1.17 bits per heavy atom. The summed E-state index contributed by atoms with van der Waals surface area (Å²) in [6, 6.07) is 9.65. The minimum Gasteiger partial charge on any atom is -0.455 e. The molecule has 3 aromatic rings. The van der Waals surface area contributed by atoms with Crippen molar-refractivity contribution in [3.05, 3.63) is 69.1 Å². The van der Waals surface area contributed by atoms with Gasteiger partial charge in [-0.2, -0.15) is 0 Å². The van der Waals surface area contributed by atoms with Crippen molar-refractivity contribution in [2.75, 3.05) is 0 Å². The summed E-state index contributed by atoms with van der Waals surface area (Å²) in [6.07, 6.45) is 0. The van der Waals surface area contributed by atoms with E-state index in [0.717, 1.165) is 11.1 Å². The first-order valence-electron chi connectivity index (χ1n) is 7.48. The molecule has 2 N–H and O–H groups in total. The van der Waals surface area contributed by atoms with Crippen LogP contribution in [0.1, 0.15) is 29.7 Å². The highest BCUT2D eigenvalue weighted by atomic mass is 19.1. The highest BCUT2D eigenvalue weighted by molar-refractivity contribution is 5.84. The lowest BCUT2D eigenvalue weighted by Gasteiger charge is -2.13. The summed E-state index contributed by atoms with van der Waals surface area (Å²) in [5.74, 6) is -0.168. The van der Waals surface area contributed by atoms with Crippen LogP contribution in [0.25, 0.3) is 22.3 Å². The molecule has 1 atom stereocenters. The molecule has 0 radical (unpaired) electrons. The van der Waals surface area contributed by atoms with Crippen LogP contribution in [0.5, 0.6) is 0 Å². The van der Waals surface area contributed by atoms with Crippen LogP contribution in [0.2, 0.25) is 0 Å². The molecule has 1 aromatic heterocycles. The van der Waals surface area contributed by atoms with E-state index in [1.54, 1.807) is 31.2 Å². The fraction of sp³-hybridized carbons (Fsp3) is 0.211. The number of aryl methyl sites for hydroxylation is 1. The van der Waals surface area contributed by atoms with Crippen molar-refractivity contribution < 1.29 is 8.81 Å². The topological polar surface area (TPSA) is 56.2 Å². The summed E-state index contributed by atoms with van der Waals surface area (Å²) >= 11 is 0. The maximum absolute atomic E-state index is 14.1. The number of benzene rings is 2. The monoisotopic (exact) mass is 311 g/mol. The molecule has 0 bridgehead atoms. The molecule has 2 aromatic carbocycles. The first kappa shape index (κ1) is 15.4. The van der Waals surface area contributed by atoms with Crippen LogP contribution in [0.15, 0.2) is 45.6 Å². The molecule has 3 rings (SSSR count). The van der Waals surface area contributed by atoms with Crippen LogP contribution in [-0.4, -0.2) is 0 Å². The second-order valence-electron chi connectivity index (χ2n) is 5.88. The number of hydrogen-bond acceptors (Lipinski definition) is 3. The Kier molecular flexibility index (Phi) is 3.78. The van der Waals surface area contributed by atoms with E-state index in [9.17, 15) is 9.18 Å². The number of halogens is 1. The number of hydrogen-bond donors (Lipinski definition) is 1. The number of rotatable bonds is 2. The highest BCUT2D eigenvalue weighted by Gasteiger charge is 2.18. The molecule has 1 heterocycles. The van der Waals surface area contributed by atoms with Crippen molar-refractivity contribution in [1.29, 1.82) is 0 Å². The Hall–Kier alpha value is -2.46. The summed E-state index contributed by atoms with van der Waals surface area (Å²) < 4.78 is 20.1. The third-order valence-corrected chi connectivity index (χ3v) is 4.00. The van der Waals surface area contributed by atoms with E-state index < -0.39 is 5.82 Å². The fourth-order valence-electron chi connectivity index (χ4n) is 2.81. The van der Waals surface area contributed by atoms with E-state index in [0.29, 0.717) is 16.5 Å². The standard InChI is InChI=1S/C19H18FNO2/c1-10-8-14(12(3)21)19-15(9-10)17(22)11(2)18(23-19)13-6-4-5-7-16(13)20/h4-9,12H,21H2,1-3H3/t12-/m1/s1. The Labute approximate surface area is 133 Å². The van der Waals surface area contributed by atoms with Gasteiger partial charge in [-0.05, 0) is 44.5 Å². The molecule has 23 heavy (non-hydrogen) atoms. The van der Waals surface area contributed by atoms with Crippen LogP contribution < -0.4 is 11.2 Å². The van der Waals surface area contributed by atoms with Gasteiger partial charge in [-0.3, -0.25) is 4.79 Å². The molecule has 0 aliphatic heterocycles. The van der Waals surface area contributed by atoms with Gasteiger partial charge in [0.1, 0.15) is 17.2 Å². The van der Waals surface area contributed by atoms with Gasteiger partial charge in [0.25, 0.3) is 0 Å². The zero-order valence-electron chi connectivity index (χ0n) is 13.3. The zero-order valence-corrected chi connectivity index (χ0v) is 13.3. The molecule has 0 aliphatic carbocycles. The molecule has 0 unspecified atom stereocenters. The van der Waals surface area contributed by atoms with Crippen LogP contribution >= 0.6 is 0 Å². The van der Waals surface area contributed by atoms with Crippen LogP contribution in [-0.2, 0) is 0 Å². The maximum atomic E-state index is 14.1. The smallest absolute Gasteiger partial charge is 0.196 e. The second-order valence-corrected chi connectivity index (χ2v) is 5.88. The Balaban J connectivity index is 2.45. The second kappa shape index (κ2) is 5.63. The van der Waals surface area contributed by atoms with Crippen molar-refractivity contribution >= 4 is 11.0 Å². The average molecular weight is 311 g/mol. The molecule has 0 saturated heterocycles. The molecule has 118 valence electrons. The lowest BCUT2D eigenvalue weighted by atomic mass is 9.99. The molecule has 0 aliphatic rings. The molecular formula is C19H18FNO2. The van der Waals surface area contributed by atoms with Crippen LogP contribution in [0.3, 0.4) is 0 Å². The molecule has 0 saturated carbocycles. The van der Waals surface area contributed by atoms with Gasteiger partial charge in [-0.25, -0.2) is 4.39 Å². The molecule has 0 amide bonds. The van der Waals surface area contributed by atoms with E-state index in [1.807, 2.05) is 19.9 Å². The Morgan fingerprint density at radius 3 is 2.52 bits per heavy atom. The van der Waals surface area contributed by atoms with Gasteiger partial charge in [0.05, 0.1) is 10.9 Å². The lowest BCUT2D eigenvalue weighted by molar-refractivity contribution is 0.584. The lowest BCUT2D eigenvalue weighted by Crippen LogP contribution is -2.12. The summed E-state index contributed by atoms with van der Waals surface area (Å²) in [7, 11) is 0. The van der Waals surface area contributed by atoms with Gasteiger partial charge in [0.15, 0.2) is 5.43 Å². The average Bonchev–Trinajstić information content (AvgIpc) is 2.51. The van der Waals surface area contributed by atoms with Gasteiger partial charge in [-0.15, -0.1) is 0 Å². The zero-order chi connectivity index (χ0) is 16.7. The minimum atomic E-state index is -0.424. The van der Waals surface area contributed by atoms with Crippen molar-refractivity contribution in [2.24, 2.45) is 5.73 Å². The first-order valence-corrected chi connectivity index (χ1v) is 7.48. The summed E-state index contributed by atoms with van der Waals surface area (Å²) in [5, 5.41) is 0.481. The number of fused-ring (bicyclic) bond motifs is 1. The summed E-state index contributed by atoms with van der Waals surface area (Å²) in [5.41, 5.74) is 8.65. The third-order valence-electron chi connectivity index (χ3n) is 4.00. The van der Waals surface area contributed by atoms with Crippen LogP contribution in [0.4, 0.5) is 4.39 Å². The summed E-state index contributed by atoms with van der Waals surface area (Å²) in [4.78, 5) is 12.7. The minimum absolute atomic E-state index is 0.157. The van der Waals surface area contributed by atoms with Gasteiger partial charge in [0, 0.05) is 17.2 Å². The van der Waals surface area contributed by atoms with E-state index in [2.05, 4.69) is 0 Å². The quantitative estimate of drug-likeness (QED) is 0.770. The normalized spacial score (nSPS) is 12.6. The maximum Gasteiger partial charge on any atom is 0.196 e. The van der Waals surface area contributed by atoms with E-state index in [4.69, 9.17) is 10.2 Å². The fourth-order valence-corrected chi connectivity index (χ4v) is 2.81. The van der Waals surface area contributed by atoms with Gasteiger partial charge in [-0.1, -0.05) is 18.2 Å². The van der Waals surface area contributed by atoms with E-state index in [1.165, 1.54) is 6.07 Å². The third kappa shape index (κ3) is 2.55. The molecular weight excluding hydrogens is 293 g/mol. The van der Waals surface area contributed by atoms with Crippen molar-refractivity contribution in [1.82, 2.24) is 0 Å². The van der Waals surface area contributed by atoms with Gasteiger partial charge < -0.3 is 10.2 Å². The molecule has 0 spiro atoms. The Morgan fingerprint density at radius 2 is 1.87 bits per heavy atom. The van der Waals surface area contributed by atoms with Gasteiger partial charge >= 0.3 is 0 Å². The van der Waals surface area contributed by atoms with Crippen molar-refractivity contribution in [2.45, 2.75) is 26.8 Å². The predicted octanol–water partition coefficient (Wildman–Crippen LogP) is 4.24. The number of nitrogens with two attached hydrogens (primary N) is 1. The highest BCUT2D eigenvalue weighted by Crippen LogP contribution is 2.31. The van der Waals surface area contributed by atoms with Crippen molar-refractivity contribution in [3.8, 4) is 11.3 Å². The summed E-state index contributed by atoms with van der Waals surface area (Å²) in [6.45, 7) is 5.39. The SMILES string of the molecule is Cc1cc([C@@H](C)N)c2oc(-c3ccccc3F)c(C)c(=O)c2c1. The van der Waals surface area contributed by atoms with E-state index >= 15 is 0 Å². The molecule has 0 fully saturated rings. The predicted molar refractivity (Wildman–Crippen MR) is 90.0 cm³/mol. The van der Waals surface area contributed by atoms with Crippen molar-refractivity contribution in [3.63, 3.8) is 0 Å². The molecule has 3 nitrogen and oxygen atoms in total. The van der Waals surface area contributed by atoms with Crippen LogP contribution in [0, 0.1) is 19.7 Å². The largest absolute Gasteiger partial charge is 0.455 e. The Bertz CT molecular complexity index is 957.